The van der Waals surface area contributed by atoms with Crippen molar-refractivity contribution >= 4 is 18.3 Å². The number of carbonyl (C=O) groups excluding carboxylic acids is 1. The van der Waals surface area contributed by atoms with E-state index in [-0.39, 0.29) is 12.4 Å². The van der Waals surface area contributed by atoms with Crippen LogP contribution in [0.25, 0.3) is 0 Å². The summed E-state index contributed by atoms with van der Waals surface area (Å²) in [4.78, 5) is 14.9. The summed E-state index contributed by atoms with van der Waals surface area (Å²) in [5.74, 6) is 0.807. The number of carbonyl (C=O) groups is 1. The Labute approximate surface area is 145 Å². The Hall–Kier alpha value is -1.06. The molecule has 3 unspecified atom stereocenters. The lowest BCUT2D eigenvalue weighted by atomic mass is 9.81. The number of aryl methyl sites for hydroxylation is 1. The van der Waals surface area contributed by atoms with Crippen LogP contribution < -0.4 is 5.32 Å². The maximum Gasteiger partial charge on any atom is 0.223 e. The zero-order chi connectivity index (χ0) is 14.9. The molecule has 23 heavy (non-hydrogen) atoms. The molecule has 0 aromatic heterocycles. The van der Waals surface area contributed by atoms with Gasteiger partial charge in [0.2, 0.25) is 5.91 Å². The highest BCUT2D eigenvalue weighted by molar-refractivity contribution is 5.85. The lowest BCUT2D eigenvalue weighted by molar-refractivity contribution is -0.131. The van der Waals surface area contributed by atoms with Gasteiger partial charge in [0.05, 0.1) is 0 Å². The smallest absolute Gasteiger partial charge is 0.223 e. The third-order valence-electron chi connectivity index (χ3n) is 5.79. The third kappa shape index (κ3) is 3.56. The first kappa shape index (κ1) is 16.8. The van der Waals surface area contributed by atoms with E-state index in [1.807, 2.05) is 0 Å². The van der Waals surface area contributed by atoms with E-state index >= 15 is 0 Å². The lowest BCUT2D eigenvalue weighted by Gasteiger charge is -2.29. The van der Waals surface area contributed by atoms with E-state index in [1.54, 1.807) is 0 Å². The number of nitrogens with zero attached hydrogens (tertiary/aromatic N) is 1. The van der Waals surface area contributed by atoms with Crippen LogP contribution in [0.2, 0.25) is 0 Å². The average Bonchev–Trinajstić information content (AvgIpc) is 2.86. The van der Waals surface area contributed by atoms with Gasteiger partial charge in [0, 0.05) is 31.6 Å². The molecule has 2 saturated heterocycles. The molecule has 0 radical (unpaired) electrons. The van der Waals surface area contributed by atoms with Crippen molar-refractivity contribution in [1.82, 2.24) is 10.2 Å². The third-order valence-corrected chi connectivity index (χ3v) is 5.79. The first-order valence-corrected chi connectivity index (χ1v) is 8.91. The van der Waals surface area contributed by atoms with Crippen molar-refractivity contribution in [2.45, 2.75) is 62.9 Å². The van der Waals surface area contributed by atoms with Crippen LogP contribution in [0, 0.1) is 0 Å². The van der Waals surface area contributed by atoms with Crippen LogP contribution in [-0.2, 0) is 11.2 Å². The predicted molar refractivity (Wildman–Crippen MR) is 95.1 cm³/mol. The Morgan fingerprint density at radius 2 is 1.96 bits per heavy atom. The highest BCUT2D eigenvalue weighted by Gasteiger charge is 2.32. The summed E-state index contributed by atoms with van der Waals surface area (Å²) in [6.07, 6.45) is 7.93. The van der Waals surface area contributed by atoms with Gasteiger partial charge in [0.1, 0.15) is 0 Å². The van der Waals surface area contributed by atoms with Crippen molar-refractivity contribution < 1.29 is 4.79 Å². The molecule has 0 saturated carbocycles. The maximum absolute atomic E-state index is 12.8. The van der Waals surface area contributed by atoms with E-state index in [0.717, 1.165) is 19.5 Å². The molecule has 2 aliphatic heterocycles. The minimum atomic E-state index is 0. The number of benzene rings is 1. The van der Waals surface area contributed by atoms with Crippen LogP contribution in [0.5, 0.6) is 0 Å². The van der Waals surface area contributed by atoms with E-state index in [2.05, 4.69) is 34.5 Å². The Bertz CT molecular complexity index is 562. The largest absolute Gasteiger partial charge is 0.341 e. The summed E-state index contributed by atoms with van der Waals surface area (Å²) in [7, 11) is 0. The van der Waals surface area contributed by atoms with Gasteiger partial charge in [-0.15, -0.1) is 12.4 Å². The van der Waals surface area contributed by atoms with Gasteiger partial charge < -0.3 is 10.2 Å². The van der Waals surface area contributed by atoms with Gasteiger partial charge in [-0.3, -0.25) is 4.79 Å². The number of amides is 1. The molecule has 2 bridgehead atoms. The zero-order valence-corrected chi connectivity index (χ0v) is 14.5. The van der Waals surface area contributed by atoms with Gasteiger partial charge in [-0.25, -0.2) is 0 Å². The van der Waals surface area contributed by atoms with Crippen LogP contribution in [0.15, 0.2) is 24.3 Å². The Balaban J connectivity index is 0.00000156. The van der Waals surface area contributed by atoms with Crippen molar-refractivity contribution in [3.8, 4) is 0 Å². The van der Waals surface area contributed by atoms with Crippen LogP contribution in [0.1, 0.15) is 55.6 Å². The molecule has 3 aliphatic rings. The molecule has 2 fully saturated rings. The summed E-state index contributed by atoms with van der Waals surface area (Å²) in [6, 6.07) is 9.91. The Morgan fingerprint density at radius 1 is 1.13 bits per heavy atom. The van der Waals surface area contributed by atoms with E-state index in [4.69, 9.17) is 0 Å². The second-order valence-corrected chi connectivity index (χ2v) is 7.26. The fraction of sp³-hybridized carbons (Fsp3) is 0.632. The van der Waals surface area contributed by atoms with E-state index in [1.165, 1.54) is 43.2 Å². The molecule has 0 spiro atoms. The molecule has 3 nitrogen and oxygen atoms in total. The topological polar surface area (TPSA) is 32.3 Å². The molecular weight excluding hydrogens is 308 g/mol. The van der Waals surface area contributed by atoms with Gasteiger partial charge >= 0.3 is 0 Å². The quantitative estimate of drug-likeness (QED) is 0.900. The maximum atomic E-state index is 12.8. The minimum absolute atomic E-state index is 0. The highest BCUT2D eigenvalue weighted by Crippen LogP contribution is 2.34. The Kier molecular flexibility index (Phi) is 5.27. The van der Waals surface area contributed by atoms with Gasteiger partial charge in [-0.1, -0.05) is 24.3 Å². The first-order chi connectivity index (χ1) is 10.8. The summed E-state index contributed by atoms with van der Waals surface area (Å²) in [5.41, 5.74) is 2.89. The fourth-order valence-electron chi connectivity index (χ4n) is 4.58. The van der Waals surface area contributed by atoms with Gasteiger partial charge in [-0.2, -0.15) is 0 Å². The molecule has 4 rings (SSSR count). The zero-order valence-electron chi connectivity index (χ0n) is 13.7. The normalized spacial score (nSPS) is 29.4. The average molecular weight is 335 g/mol. The van der Waals surface area contributed by atoms with Crippen LogP contribution in [0.4, 0.5) is 0 Å². The SMILES string of the molecule is Cl.O=C(CC1CCCc2ccccc21)N1CCC2CCC(C1)N2. The monoisotopic (exact) mass is 334 g/mol. The fourth-order valence-corrected chi connectivity index (χ4v) is 4.58. The number of likely N-dealkylation sites (tertiary alicyclic amines) is 1. The van der Waals surface area contributed by atoms with Crippen molar-refractivity contribution in [1.29, 1.82) is 0 Å². The van der Waals surface area contributed by atoms with Crippen molar-refractivity contribution in [3.05, 3.63) is 35.4 Å². The standard InChI is InChI=1S/C19H26N2O.ClH/c22-19(21-11-10-16-8-9-17(13-21)20-16)12-15-6-3-5-14-4-1-2-7-18(14)15;/h1-2,4,7,15-17,20H,3,5-6,8-13H2;1H. The number of nitrogens with one attached hydrogen (secondary N) is 1. The van der Waals surface area contributed by atoms with E-state index in [0.29, 0.717) is 30.3 Å². The number of hydrogen-bond acceptors (Lipinski definition) is 2. The van der Waals surface area contributed by atoms with Crippen LogP contribution >= 0.6 is 12.4 Å². The summed E-state index contributed by atoms with van der Waals surface area (Å²) < 4.78 is 0. The highest BCUT2D eigenvalue weighted by atomic mass is 35.5. The van der Waals surface area contributed by atoms with E-state index < -0.39 is 0 Å². The van der Waals surface area contributed by atoms with Gasteiger partial charge in [-0.05, 0) is 55.6 Å². The summed E-state index contributed by atoms with van der Waals surface area (Å²) in [5, 5.41) is 3.66. The number of hydrogen-bond donors (Lipinski definition) is 1. The molecule has 1 aliphatic carbocycles. The first-order valence-electron chi connectivity index (χ1n) is 8.91. The van der Waals surface area contributed by atoms with Crippen LogP contribution in [0.3, 0.4) is 0 Å². The van der Waals surface area contributed by atoms with E-state index in [9.17, 15) is 4.79 Å². The van der Waals surface area contributed by atoms with Gasteiger partial charge in [0.15, 0.2) is 0 Å². The molecule has 126 valence electrons. The molecule has 1 N–H and O–H groups in total. The van der Waals surface area contributed by atoms with Crippen molar-refractivity contribution in [2.24, 2.45) is 0 Å². The van der Waals surface area contributed by atoms with Gasteiger partial charge in [0.25, 0.3) is 0 Å². The molecular formula is C19H27ClN2O. The van der Waals surface area contributed by atoms with Crippen molar-refractivity contribution in [3.63, 3.8) is 0 Å². The predicted octanol–water partition coefficient (Wildman–Crippen LogP) is 3.27. The molecule has 1 amide bonds. The molecule has 3 atom stereocenters. The number of fused-ring (bicyclic) bond motifs is 3. The minimum Gasteiger partial charge on any atom is -0.341 e. The molecule has 1 aromatic carbocycles. The van der Waals surface area contributed by atoms with Crippen molar-refractivity contribution in [2.75, 3.05) is 13.1 Å². The summed E-state index contributed by atoms with van der Waals surface area (Å²) >= 11 is 0. The molecule has 1 aromatic rings. The Morgan fingerprint density at radius 3 is 2.87 bits per heavy atom. The second kappa shape index (κ2) is 7.23. The van der Waals surface area contributed by atoms with Crippen LogP contribution in [-0.4, -0.2) is 36.0 Å². The molecule has 4 heteroatoms. The summed E-state index contributed by atoms with van der Waals surface area (Å²) in [6.45, 7) is 1.87. The number of halogens is 1. The second-order valence-electron chi connectivity index (χ2n) is 7.26. The lowest BCUT2D eigenvalue weighted by Crippen LogP contribution is -2.39. The number of rotatable bonds is 2. The molecule has 2 heterocycles.